The second-order valence-electron chi connectivity index (χ2n) is 8.48. The number of carbonyl (C=O) groups excluding carboxylic acids is 3. The minimum absolute atomic E-state index is 0.0729. The van der Waals surface area contributed by atoms with E-state index in [1.165, 1.54) is 6.92 Å². The molecule has 12 nitrogen and oxygen atoms in total. The summed E-state index contributed by atoms with van der Waals surface area (Å²) in [6.07, 6.45) is -1.78. The van der Waals surface area contributed by atoms with Gasteiger partial charge in [-0.3, -0.25) is 19.8 Å². The normalized spacial score (nSPS) is 13.7. The average Bonchev–Trinajstić information content (AvgIpc) is 2.83. The van der Waals surface area contributed by atoms with Gasteiger partial charge in [0.1, 0.15) is 17.9 Å². The third kappa shape index (κ3) is 9.99. The molecule has 3 amide bonds. The molecule has 9 N–H and O–H groups in total. The number of sulfonamides is 1. The molecular weight excluding hydrogens is 500 g/mol. The van der Waals surface area contributed by atoms with Gasteiger partial charge in [0.25, 0.3) is 0 Å². The molecular formula is C24H32N6O6S. The van der Waals surface area contributed by atoms with E-state index >= 15 is 0 Å². The molecule has 2 aromatic carbocycles. The number of rotatable bonds is 14. The molecule has 0 radical (unpaired) electrons. The molecule has 3 atom stereocenters. The van der Waals surface area contributed by atoms with E-state index in [4.69, 9.17) is 16.9 Å². The summed E-state index contributed by atoms with van der Waals surface area (Å²) in [7, 11) is -4.03. The lowest BCUT2D eigenvalue weighted by atomic mass is 10.1. The average molecular weight is 533 g/mol. The second kappa shape index (κ2) is 13.5. The van der Waals surface area contributed by atoms with Crippen molar-refractivity contribution < 1.29 is 27.9 Å². The maximum Gasteiger partial charge on any atom is 0.242 e. The van der Waals surface area contributed by atoms with Crippen molar-refractivity contribution in [2.24, 2.45) is 11.5 Å². The first-order valence-electron chi connectivity index (χ1n) is 11.4. The number of amides is 3. The molecule has 2 rings (SSSR count). The molecule has 2 aromatic rings. The number of primary amides is 1. The van der Waals surface area contributed by atoms with Crippen LogP contribution in [0.15, 0.2) is 54.6 Å². The third-order valence-corrected chi connectivity index (χ3v) is 6.64. The Kier molecular flexibility index (Phi) is 10.7. The summed E-state index contributed by atoms with van der Waals surface area (Å²) in [4.78, 5) is 37.0. The van der Waals surface area contributed by atoms with Gasteiger partial charge in [-0.2, -0.15) is 4.72 Å². The van der Waals surface area contributed by atoms with Crippen LogP contribution in [0.1, 0.15) is 36.5 Å². The van der Waals surface area contributed by atoms with E-state index in [9.17, 15) is 27.9 Å². The summed E-state index contributed by atoms with van der Waals surface area (Å²) in [6, 6.07) is 12.0. The first kappa shape index (κ1) is 29.4. The van der Waals surface area contributed by atoms with Crippen LogP contribution in [0.4, 0.5) is 0 Å². The van der Waals surface area contributed by atoms with Crippen LogP contribution in [-0.4, -0.2) is 55.3 Å². The van der Waals surface area contributed by atoms with E-state index in [0.29, 0.717) is 16.7 Å². The summed E-state index contributed by atoms with van der Waals surface area (Å²) in [5.74, 6) is -2.79. The Labute approximate surface area is 215 Å². The van der Waals surface area contributed by atoms with Gasteiger partial charge in [-0.25, -0.2) is 8.42 Å². The molecule has 0 fully saturated rings. The summed E-state index contributed by atoms with van der Waals surface area (Å²) >= 11 is 0. The summed E-state index contributed by atoms with van der Waals surface area (Å²) < 4.78 is 27.4. The smallest absolute Gasteiger partial charge is 0.242 e. The van der Waals surface area contributed by atoms with E-state index in [1.807, 2.05) is 0 Å². The molecule has 0 spiro atoms. The summed E-state index contributed by atoms with van der Waals surface area (Å²) in [6.45, 7) is 1.31. The Balaban J connectivity index is 2.09. The Hall–Kier alpha value is -3.81. The fraction of sp³-hybridized carbons (Fsp3) is 0.333. The van der Waals surface area contributed by atoms with Crippen molar-refractivity contribution in [1.82, 2.24) is 15.4 Å². The first-order chi connectivity index (χ1) is 17.4. The highest BCUT2D eigenvalue weighted by Crippen LogP contribution is 2.08. The van der Waals surface area contributed by atoms with Crippen molar-refractivity contribution in [3.05, 3.63) is 71.3 Å². The van der Waals surface area contributed by atoms with Crippen LogP contribution in [0.2, 0.25) is 0 Å². The number of amidine groups is 1. The van der Waals surface area contributed by atoms with Crippen molar-refractivity contribution in [1.29, 1.82) is 5.41 Å². The fourth-order valence-corrected chi connectivity index (χ4v) is 4.74. The number of nitrogens with one attached hydrogen (secondary N) is 4. The van der Waals surface area contributed by atoms with Gasteiger partial charge in [0, 0.05) is 18.5 Å². The number of nitrogen functional groups attached to an aromatic ring is 1. The van der Waals surface area contributed by atoms with Crippen LogP contribution < -0.4 is 26.8 Å². The minimum Gasteiger partial charge on any atom is -0.391 e. The molecule has 0 aromatic heterocycles. The van der Waals surface area contributed by atoms with Gasteiger partial charge in [-0.15, -0.1) is 0 Å². The number of carbonyl (C=O) groups is 3. The Morgan fingerprint density at radius 1 is 0.973 bits per heavy atom. The summed E-state index contributed by atoms with van der Waals surface area (Å²) in [5.41, 5.74) is 12.3. The van der Waals surface area contributed by atoms with Crippen molar-refractivity contribution in [3.63, 3.8) is 0 Å². The van der Waals surface area contributed by atoms with Crippen LogP contribution in [0, 0.1) is 5.41 Å². The zero-order chi connectivity index (χ0) is 27.6. The predicted molar refractivity (Wildman–Crippen MR) is 137 cm³/mol. The molecule has 1 unspecified atom stereocenters. The predicted octanol–water partition coefficient (Wildman–Crippen LogP) is -0.794. The van der Waals surface area contributed by atoms with E-state index in [2.05, 4.69) is 15.4 Å². The molecule has 0 aliphatic carbocycles. The molecule has 0 saturated heterocycles. The fourth-order valence-electron chi connectivity index (χ4n) is 3.33. The molecule has 37 heavy (non-hydrogen) atoms. The van der Waals surface area contributed by atoms with Crippen molar-refractivity contribution >= 4 is 33.6 Å². The first-order valence-corrected chi connectivity index (χ1v) is 13.0. The van der Waals surface area contributed by atoms with Gasteiger partial charge in [-0.05, 0) is 24.5 Å². The number of hydrogen-bond acceptors (Lipinski definition) is 7. The Morgan fingerprint density at radius 3 is 2.14 bits per heavy atom. The molecule has 0 aliphatic heterocycles. The Bertz CT molecular complexity index is 1200. The largest absolute Gasteiger partial charge is 0.391 e. The number of benzene rings is 2. The number of hydrogen-bond donors (Lipinski definition) is 7. The van der Waals surface area contributed by atoms with Gasteiger partial charge in [0.05, 0.1) is 11.9 Å². The standard InChI is InChI=1S/C24H32N6O6S/c1-15(31)21(30-37(35,36)14-17-5-3-2-4-6-17)24(34)29-19(11-12-20(25)32)23(33)28-13-16-7-9-18(10-8-16)22(26)27/h2-10,15,19,21,30-31H,11-14H2,1H3,(H2,25,32)(H3,26,27)(H,28,33)(H,29,34)/t15?,19-,21+/m0/s1. The lowest BCUT2D eigenvalue weighted by Gasteiger charge is -2.24. The quantitative estimate of drug-likeness (QED) is 0.121. The van der Waals surface area contributed by atoms with Crippen molar-refractivity contribution in [2.45, 2.75) is 50.3 Å². The van der Waals surface area contributed by atoms with Gasteiger partial charge in [-0.1, -0.05) is 54.6 Å². The minimum atomic E-state index is -4.03. The lowest BCUT2D eigenvalue weighted by Crippen LogP contribution is -2.57. The van der Waals surface area contributed by atoms with Gasteiger partial charge < -0.3 is 27.2 Å². The highest BCUT2D eigenvalue weighted by Gasteiger charge is 2.32. The van der Waals surface area contributed by atoms with E-state index in [0.717, 1.165) is 0 Å². The van der Waals surface area contributed by atoms with Crippen molar-refractivity contribution in [3.8, 4) is 0 Å². The van der Waals surface area contributed by atoms with Gasteiger partial charge >= 0.3 is 0 Å². The van der Waals surface area contributed by atoms with Crippen LogP contribution in [0.3, 0.4) is 0 Å². The highest BCUT2D eigenvalue weighted by molar-refractivity contribution is 7.88. The molecule has 0 aliphatic rings. The maximum absolute atomic E-state index is 12.9. The highest BCUT2D eigenvalue weighted by atomic mass is 32.2. The van der Waals surface area contributed by atoms with Gasteiger partial charge in [0.2, 0.25) is 27.7 Å². The zero-order valence-corrected chi connectivity index (χ0v) is 21.1. The maximum atomic E-state index is 12.9. The Morgan fingerprint density at radius 2 is 1.59 bits per heavy atom. The van der Waals surface area contributed by atoms with Crippen LogP contribution in [0.25, 0.3) is 0 Å². The number of aliphatic hydroxyl groups is 1. The van der Waals surface area contributed by atoms with E-state index in [-0.39, 0.29) is 25.2 Å². The third-order valence-electron chi connectivity index (χ3n) is 5.31. The van der Waals surface area contributed by atoms with Gasteiger partial charge in [0.15, 0.2) is 0 Å². The monoisotopic (exact) mass is 532 g/mol. The molecule has 0 saturated carbocycles. The molecule has 0 heterocycles. The van der Waals surface area contributed by atoms with Crippen LogP contribution >= 0.6 is 0 Å². The van der Waals surface area contributed by atoms with E-state index in [1.54, 1.807) is 54.6 Å². The molecule has 0 bridgehead atoms. The van der Waals surface area contributed by atoms with Crippen LogP contribution in [-0.2, 0) is 36.7 Å². The number of nitrogens with two attached hydrogens (primary N) is 2. The summed E-state index contributed by atoms with van der Waals surface area (Å²) in [5, 5.41) is 22.6. The SMILES string of the molecule is CC(O)[C@@H](NS(=O)(=O)Cc1ccccc1)C(=O)N[C@@H](CCC(N)=O)C(=O)NCc1ccc(C(=N)N)cc1. The van der Waals surface area contributed by atoms with E-state index < -0.39 is 51.7 Å². The molecule has 200 valence electrons. The zero-order valence-electron chi connectivity index (χ0n) is 20.3. The van der Waals surface area contributed by atoms with Crippen LogP contribution in [0.5, 0.6) is 0 Å². The topological polar surface area (TPSA) is 218 Å². The van der Waals surface area contributed by atoms with Crippen molar-refractivity contribution in [2.75, 3.05) is 0 Å². The number of aliphatic hydroxyl groups excluding tert-OH is 1. The second-order valence-corrected chi connectivity index (χ2v) is 10.2. The lowest BCUT2D eigenvalue weighted by molar-refractivity contribution is -0.131. The molecule has 13 heteroatoms.